The number of nitrogens with one attached hydrogen (secondary N) is 1. The van der Waals surface area contributed by atoms with E-state index in [1.807, 2.05) is 6.07 Å². The molecule has 0 radical (unpaired) electrons. The number of amides is 1. The van der Waals surface area contributed by atoms with Crippen LogP contribution in [0.15, 0.2) is 29.2 Å². The lowest BCUT2D eigenvalue weighted by molar-refractivity contribution is -0.121. The molecule has 1 saturated heterocycles. The summed E-state index contributed by atoms with van der Waals surface area (Å²) in [6.07, 6.45) is 2.62. The number of rotatable bonds is 6. The van der Waals surface area contributed by atoms with Gasteiger partial charge in [-0.15, -0.1) is 12.4 Å². The Hall–Kier alpha value is -1.66. The minimum absolute atomic E-state index is 0. The van der Waals surface area contributed by atoms with Crippen molar-refractivity contribution in [2.45, 2.75) is 36.6 Å². The number of sulfonamides is 1. The van der Waals surface area contributed by atoms with Crippen molar-refractivity contribution >= 4 is 28.3 Å². The third kappa shape index (κ3) is 5.41. The maximum Gasteiger partial charge on any atom is 0.243 e. The van der Waals surface area contributed by atoms with Crippen LogP contribution in [0.25, 0.3) is 0 Å². The van der Waals surface area contributed by atoms with E-state index in [9.17, 15) is 13.2 Å². The van der Waals surface area contributed by atoms with Gasteiger partial charge in [-0.25, -0.2) is 8.42 Å². The van der Waals surface area contributed by atoms with Crippen molar-refractivity contribution in [2.75, 3.05) is 19.6 Å². The lowest BCUT2D eigenvalue weighted by atomic mass is 10.1. The minimum Gasteiger partial charge on any atom is -0.354 e. The standard InChI is InChI=1S/C16H22N4O3S.ClH/c17-8-7-16(21)19-12-14-5-1-2-9-20(14)24(22,23)15-6-3-4-13(10-15)11-18;/h3-4,6,10,14H,1-2,5,7-9,12,17H2,(H,19,21);1H. The number of piperidine rings is 1. The monoisotopic (exact) mass is 386 g/mol. The third-order valence-corrected chi connectivity index (χ3v) is 6.00. The van der Waals surface area contributed by atoms with Gasteiger partial charge in [-0.05, 0) is 31.0 Å². The average molecular weight is 387 g/mol. The Morgan fingerprint density at radius 3 is 2.84 bits per heavy atom. The largest absolute Gasteiger partial charge is 0.354 e. The number of nitrogens with two attached hydrogens (primary N) is 1. The quantitative estimate of drug-likeness (QED) is 0.756. The average Bonchev–Trinajstić information content (AvgIpc) is 2.60. The Morgan fingerprint density at radius 1 is 1.40 bits per heavy atom. The molecule has 2 rings (SSSR count). The molecule has 25 heavy (non-hydrogen) atoms. The summed E-state index contributed by atoms with van der Waals surface area (Å²) in [5, 5.41) is 11.7. The lowest BCUT2D eigenvalue weighted by Gasteiger charge is -2.34. The van der Waals surface area contributed by atoms with Gasteiger partial charge in [-0.3, -0.25) is 4.79 Å². The van der Waals surface area contributed by atoms with Crippen molar-refractivity contribution in [3.8, 4) is 6.07 Å². The molecule has 0 saturated carbocycles. The summed E-state index contributed by atoms with van der Waals surface area (Å²) in [7, 11) is -3.70. The van der Waals surface area contributed by atoms with Gasteiger partial charge in [0.1, 0.15) is 0 Å². The van der Waals surface area contributed by atoms with Gasteiger partial charge in [0.2, 0.25) is 15.9 Å². The smallest absolute Gasteiger partial charge is 0.243 e. The lowest BCUT2D eigenvalue weighted by Crippen LogP contribution is -2.49. The molecule has 1 unspecified atom stereocenters. The first-order valence-electron chi connectivity index (χ1n) is 7.98. The van der Waals surface area contributed by atoms with Crippen LogP contribution in [0.4, 0.5) is 0 Å². The van der Waals surface area contributed by atoms with Crippen LogP contribution in [0.3, 0.4) is 0 Å². The predicted molar refractivity (Wildman–Crippen MR) is 96.6 cm³/mol. The third-order valence-electron chi connectivity index (χ3n) is 4.05. The highest BCUT2D eigenvalue weighted by Gasteiger charge is 2.33. The molecule has 1 heterocycles. The van der Waals surface area contributed by atoms with Gasteiger partial charge < -0.3 is 11.1 Å². The van der Waals surface area contributed by atoms with Crippen molar-refractivity contribution in [1.29, 1.82) is 5.26 Å². The number of nitrogens with zero attached hydrogens (tertiary/aromatic N) is 2. The molecular formula is C16H23ClN4O3S. The molecule has 3 N–H and O–H groups in total. The number of carbonyl (C=O) groups is 1. The van der Waals surface area contributed by atoms with Gasteiger partial charge in [0.15, 0.2) is 0 Å². The van der Waals surface area contributed by atoms with Gasteiger partial charge >= 0.3 is 0 Å². The van der Waals surface area contributed by atoms with Crippen molar-refractivity contribution in [2.24, 2.45) is 5.73 Å². The normalized spacial score (nSPS) is 18.0. The summed E-state index contributed by atoms with van der Waals surface area (Å²) < 4.78 is 27.3. The Morgan fingerprint density at radius 2 is 2.16 bits per heavy atom. The highest BCUT2D eigenvalue weighted by atomic mass is 35.5. The molecule has 1 fully saturated rings. The van der Waals surface area contributed by atoms with Gasteiger partial charge in [-0.2, -0.15) is 9.57 Å². The Kier molecular flexibility index (Phi) is 8.32. The molecule has 1 atom stereocenters. The fourth-order valence-electron chi connectivity index (χ4n) is 2.81. The first-order chi connectivity index (χ1) is 11.5. The number of hydrogen-bond donors (Lipinski definition) is 2. The second-order valence-electron chi connectivity index (χ2n) is 5.75. The fourth-order valence-corrected chi connectivity index (χ4v) is 4.55. The molecule has 9 heteroatoms. The van der Waals surface area contributed by atoms with Gasteiger partial charge in [0.25, 0.3) is 0 Å². The zero-order chi connectivity index (χ0) is 17.6. The molecule has 0 aliphatic carbocycles. The van der Waals surface area contributed by atoms with Gasteiger partial charge in [0.05, 0.1) is 16.5 Å². The van der Waals surface area contributed by atoms with Crippen LogP contribution in [0, 0.1) is 11.3 Å². The Bertz CT molecular complexity index is 733. The molecule has 1 aromatic rings. The number of nitriles is 1. The fraction of sp³-hybridized carbons (Fsp3) is 0.500. The zero-order valence-electron chi connectivity index (χ0n) is 13.8. The van der Waals surface area contributed by atoms with Crippen LogP contribution in [0.1, 0.15) is 31.2 Å². The van der Waals surface area contributed by atoms with E-state index in [1.54, 1.807) is 12.1 Å². The summed E-state index contributed by atoms with van der Waals surface area (Å²) in [5.74, 6) is -0.174. The number of hydrogen-bond acceptors (Lipinski definition) is 5. The molecule has 0 aromatic heterocycles. The van der Waals surface area contributed by atoms with Crippen LogP contribution < -0.4 is 11.1 Å². The zero-order valence-corrected chi connectivity index (χ0v) is 15.5. The number of halogens is 1. The van der Waals surface area contributed by atoms with E-state index in [0.29, 0.717) is 18.5 Å². The summed E-state index contributed by atoms with van der Waals surface area (Å²) in [4.78, 5) is 11.7. The molecule has 1 aliphatic heterocycles. The summed E-state index contributed by atoms with van der Waals surface area (Å²) in [6, 6.07) is 7.68. The summed E-state index contributed by atoms with van der Waals surface area (Å²) in [6.45, 7) is 0.950. The van der Waals surface area contributed by atoms with Gasteiger partial charge in [-0.1, -0.05) is 12.5 Å². The van der Waals surface area contributed by atoms with E-state index in [0.717, 1.165) is 12.8 Å². The molecule has 1 aliphatic rings. The van der Waals surface area contributed by atoms with E-state index in [1.165, 1.54) is 16.4 Å². The molecule has 138 valence electrons. The van der Waals surface area contributed by atoms with Crippen LogP contribution in [-0.4, -0.2) is 44.3 Å². The highest BCUT2D eigenvalue weighted by Crippen LogP contribution is 2.25. The Labute approximate surface area is 154 Å². The van der Waals surface area contributed by atoms with Crippen LogP contribution in [-0.2, 0) is 14.8 Å². The summed E-state index contributed by atoms with van der Waals surface area (Å²) >= 11 is 0. The van der Waals surface area contributed by atoms with E-state index in [4.69, 9.17) is 11.0 Å². The Balaban J connectivity index is 0.00000312. The maximum atomic E-state index is 12.9. The second kappa shape index (κ2) is 9.73. The molecule has 0 bridgehead atoms. The number of carbonyl (C=O) groups excluding carboxylic acids is 1. The first kappa shape index (κ1) is 21.4. The SMILES string of the molecule is Cl.N#Cc1cccc(S(=O)(=O)N2CCCCC2CNC(=O)CCN)c1. The van der Waals surface area contributed by atoms with Crippen molar-refractivity contribution < 1.29 is 13.2 Å². The molecular weight excluding hydrogens is 364 g/mol. The second-order valence-corrected chi connectivity index (χ2v) is 7.64. The van der Waals surface area contributed by atoms with Crippen molar-refractivity contribution in [1.82, 2.24) is 9.62 Å². The molecule has 0 spiro atoms. The van der Waals surface area contributed by atoms with Crippen molar-refractivity contribution in [3.63, 3.8) is 0 Å². The highest BCUT2D eigenvalue weighted by molar-refractivity contribution is 7.89. The summed E-state index contributed by atoms with van der Waals surface area (Å²) in [5.41, 5.74) is 5.65. The van der Waals surface area contributed by atoms with E-state index in [2.05, 4.69) is 5.32 Å². The van der Waals surface area contributed by atoms with Crippen LogP contribution in [0.5, 0.6) is 0 Å². The van der Waals surface area contributed by atoms with Crippen LogP contribution in [0.2, 0.25) is 0 Å². The maximum absolute atomic E-state index is 12.9. The minimum atomic E-state index is -3.70. The molecule has 1 aromatic carbocycles. The number of benzene rings is 1. The van der Waals surface area contributed by atoms with E-state index >= 15 is 0 Å². The first-order valence-corrected chi connectivity index (χ1v) is 9.42. The molecule has 1 amide bonds. The van der Waals surface area contributed by atoms with Crippen LogP contribution >= 0.6 is 12.4 Å². The molecule has 7 nitrogen and oxygen atoms in total. The van der Waals surface area contributed by atoms with E-state index < -0.39 is 10.0 Å². The van der Waals surface area contributed by atoms with E-state index in [-0.39, 0.29) is 48.8 Å². The topological polar surface area (TPSA) is 116 Å². The predicted octanol–water partition coefficient (Wildman–Crippen LogP) is 0.988. The van der Waals surface area contributed by atoms with Crippen molar-refractivity contribution in [3.05, 3.63) is 29.8 Å². The van der Waals surface area contributed by atoms with Gasteiger partial charge in [0, 0.05) is 32.1 Å².